The second-order valence-electron chi connectivity index (χ2n) is 3.81. The zero-order valence-corrected chi connectivity index (χ0v) is 8.66. The van der Waals surface area contributed by atoms with E-state index in [1.807, 2.05) is 6.21 Å². The maximum absolute atomic E-state index is 4.37. The van der Waals surface area contributed by atoms with Crippen molar-refractivity contribution < 1.29 is 0 Å². The lowest BCUT2D eigenvalue weighted by Crippen LogP contribution is -1.92. The molecule has 0 spiro atoms. The Morgan fingerprint density at radius 2 is 2.31 bits per heavy atom. The van der Waals surface area contributed by atoms with Gasteiger partial charge >= 0.3 is 0 Å². The first-order valence-corrected chi connectivity index (χ1v) is 5.14. The van der Waals surface area contributed by atoms with Crippen LogP contribution in [0.25, 0.3) is 0 Å². The molecule has 1 rings (SSSR count). The van der Waals surface area contributed by atoms with Gasteiger partial charge in [0.1, 0.15) is 0 Å². The van der Waals surface area contributed by atoms with Gasteiger partial charge in [-0.1, -0.05) is 37.6 Å². The first-order chi connectivity index (χ1) is 6.29. The van der Waals surface area contributed by atoms with Gasteiger partial charge in [-0.05, 0) is 25.2 Å². The van der Waals surface area contributed by atoms with Gasteiger partial charge in [-0.2, -0.15) is 0 Å². The standard InChI is InChI=1S/C12H19N/c1-11(2)10-13-9-8-12-6-4-3-5-7-12/h4,6-7,10-11H,3,5,8-9H2,1-2H3. The summed E-state index contributed by atoms with van der Waals surface area (Å²) >= 11 is 0. The molecule has 0 atom stereocenters. The molecule has 1 nitrogen and oxygen atoms in total. The van der Waals surface area contributed by atoms with Gasteiger partial charge in [0.05, 0.1) is 0 Å². The lowest BCUT2D eigenvalue weighted by atomic mass is 10.0. The van der Waals surface area contributed by atoms with Crippen molar-refractivity contribution in [3.63, 3.8) is 0 Å². The van der Waals surface area contributed by atoms with Crippen LogP contribution in [0.15, 0.2) is 28.8 Å². The molecular weight excluding hydrogens is 158 g/mol. The first kappa shape index (κ1) is 10.2. The van der Waals surface area contributed by atoms with Crippen molar-refractivity contribution in [2.24, 2.45) is 10.9 Å². The molecule has 0 amide bonds. The fraction of sp³-hybridized carbons (Fsp3) is 0.583. The Labute approximate surface area is 81.3 Å². The number of aliphatic imine (C=N–C) groups is 1. The van der Waals surface area contributed by atoms with Crippen LogP contribution in [-0.2, 0) is 0 Å². The molecule has 0 aromatic heterocycles. The molecule has 0 saturated carbocycles. The van der Waals surface area contributed by atoms with Gasteiger partial charge < -0.3 is 0 Å². The van der Waals surface area contributed by atoms with Gasteiger partial charge in [0.15, 0.2) is 0 Å². The minimum atomic E-state index is 0.580. The molecule has 72 valence electrons. The second-order valence-corrected chi connectivity index (χ2v) is 3.81. The molecule has 0 aliphatic heterocycles. The van der Waals surface area contributed by atoms with Crippen LogP contribution < -0.4 is 0 Å². The van der Waals surface area contributed by atoms with Crippen molar-refractivity contribution in [2.45, 2.75) is 33.1 Å². The van der Waals surface area contributed by atoms with E-state index in [1.165, 1.54) is 18.4 Å². The van der Waals surface area contributed by atoms with E-state index < -0.39 is 0 Å². The van der Waals surface area contributed by atoms with Crippen molar-refractivity contribution in [3.8, 4) is 0 Å². The highest BCUT2D eigenvalue weighted by molar-refractivity contribution is 5.59. The minimum Gasteiger partial charge on any atom is -0.297 e. The van der Waals surface area contributed by atoms with Crippen molar-refractivity contribution >= 4 is 6.21 Å². The number of hydrogen-bond donors (Lipinski definition) is 0. The normalized spacial score (nSPS) is 17.0. The van der Waals surface area contributed by atoms with E-state index in [4.69, 9.17) is 0 Å². The molecule has 0 N–H and O–H groups in total. The van der Waals surface area contributed by atoms with E-state index in [9.17, 15) is 0 Å². The van der Waals surface area contributed by atoms with E-state index in [0.29, 0.717) is 5.92 Å². The number of allylic oxidation sites excluding steroid dienone is 3. The summed E-state index contributed by atoms with van der Waals surface area (Å²) in [5.74, 6) is 0.580. The second kappa shape index (κ2) is 5.74. The topological polar surface area (TPSA) is 12.4 Å². The SMILES string of the molecule is CC(C)C=NCCC1=CCCC=C1. The Kier molecular flexibility index (Phi) is 4.52. The fourth-order valence-electron chi connectivity index (χ4n) is 1.33. The third kappa shape index (κ3) is 4.66. The predicted octanol–water partition coefficient (Wildman–Crippen LogP) is 3.38. The number of rotatable bonds is 4. The summed E-state index contributed by atoms with van der Waals surface area (Å²) in [5, 5.41) is 0. The minimum absolute atomic E-state index is 0.580. The smallest absolute Gasteiger partial charge is 0.0425 e. The van der Waals surface area contributed by atoms with Crippen molar-refractivity contribution in [1.29, 1.82) is 0 Å². The first-order valence-electron chi connectivity index (χ1n) is 5.14. The van der Waals surface area contributed by atoms with Gasteiger partial charge in [0.2, 0.25) is 0 Å². The van der Waals surface area contributed by atoms with Crippen LogP contribution in [0.1, 0.15) is 33.1 Å². The number of nitrogens with zero attached hydrogens (tertiary/aromatic N) is 1. The van der Waals surface area contributed by atoms with Gasteiger partial charge in [0, 0.05) is 12.8 Å². The molecule has 0 heterocycles. The predicted molar refractivity (Wildman–Crippen MR) is 59.3 cm³/mol. The van der Waals surface area contributed by atoms with Crippen molar-refractivity contribution in [3.05, 3.63) is 23.8 Å². The van der Waals surface area contributed by atoms with Crippen LogP contribution in [0.2, 0.25) is 0 Å². The fourth-order valence-corrected chi connectivity index (χ4v) is 1.33. The summed E-state index contributed by atoms with van der Waals surface area (Å²) in [6, 6.07) is 0. The summed E-state index contributed by atoms with van der Waals surface area (Å²) in [5.41, 5.74) is 1.45. The molecule has 1 heteroatoms. The molecule has 0 aromatic rings. The average Bonchev–Trinajstić information content (AvgIpc) is 2.14. The highest BCUT2D eigenvalue weighted by Crippen LogP contribution is 2.12. The molecule has 0 saturated heterocycles. The third-order valence-electron chi connectivity index (χ3n) is 2.00. The molecule has 0 radical (unpaired) electrons. The third-order valence-corrected chi connectivity index (χ3v) is 2.00. The Balaban J connectivity index is 2.19. The van der Waals surface area contributed by atoms with Gasteiger partial charge in [-0.3, -0.25) is 4.99 Å². The monoisotopic (exact) mass is 177 g/mol. The molecule has 1 aliphatic rings. The Morgan fingerprint density at radius 1 is 1.46 bits per heavy atom. The lowest BCUT2D eigenvalue weighted by Gasteiger charge is -2.04. The van der Waals surface area contributed by atoms with Gasteiger partial charge in [0.25, 0.3) is 0 Å². The highest BCUT2D eigenvalue weighted by Gasteiger charge is 1.95. The Morgan fingerprint density at radius 3 is 2.92 bits per heavy atom. The van der Waals surface area contributed by atoms with Crippen molar-refractivity contribution in [1.82, 2.24) is 0 Å². The molecule has 0 unspecified atom stereocenters. The summed E-state index contributed by atoms with van der Waals surface area (Å²) in [6.07, 6.45) is 12.4. The van der Waals surface area contributed by atoms with E-state index in [-0.39, 0.29) is 0 Å². The van der Waals surface area contributed by atoms with Crippen molar-refractivity contribution in [2.75, 3.05) is 6.54 Å². The van der Waals surface area contributed by atoms with Crippen LogP contribution in [-0.4, -0.2) is 12.8 Å². The maximum Gasteiger partial charge on any atom is 0.0425 e. The molecule has 1 aliphatic carbocycles. The largest absolute Gasteiger partial charge is 0.297 e. The van der Waals surface area contributed by atoms with E-state index in [2.05, 4.69) is 37.1 Å². The molecule has 0 aromatic carbocycles. The van der Waals surface area contributed by atoms with E-state index in [0.717, 1.165) is 13.0 Å². The summed E-state index contributed by atoms with van der Waals surface area (Å²) in [7, 11) is 0. The van der Waals surface area contributed by atoms with Crippen LogP contribution in [0.4, 0.5) is 0 Å². The summed E-state index contributed by atoms with van der Waals surface area (Å²) < 4.78 is 0. The lowest BCUT2D eigenvalue weighted by molar-refractivity contribution is 0.877. The summed E-state index contributed by atoms with van der Waals surface area (Å²) in [6.45, 7) is 5.25. The Hall–Kier alpha value is -0.850. The maximum atomic E-state index is 4.37. The van der Waals surface area contributed by atoms with E-state index >= 15 is 0 Å². The van der Waals surface area contributed by atoms with Gasteiger partial charge in [-0.25, -0.2) is 0 Å². The van der Waals surface area contributed by atoms with Crippen LogP contribution in [0.3, 0.4) is 0 Å². The Bertz CT molecular complexity index is 221. The average molecular weight is 177 g/mol. The quantitative estimate of drug-likeness (QED) is 0.584. The molecule has 0 bridgehead atoms. The molecular formula is C12H19N. The number of hydrogen-bond acceptors (Lipinski definition) is 1. The van der Waals surface area contributed by atoms with Crippen LogP contribution in [0.5, 0.6) is 0 Å². The molecule has 0 fully saturated rings. The summed E-state index contributed by atoms with van der Waals surface area (Å²) in [4.78, 5) is 4.37. The molecule has 13 heavy (non-hydrogen) atoms. The highest BCUT2D eigenvalue weighted by atomic mass is 14.7. The van der Waals surface area contributed by atoms with Gasteiger partial charge in [-0.15, -0.1) is 0 Å². The van der Waals surface area contributed by atoms with E-state index in [1.54, 1.807) is 0 Å². The zero-order valence-electron chi connectivity index (χ0n) is 8.66. The zero-order chi connectivity index (χ0) is 9.52. The van der Waals surface area contributed by atoms with Crippen LogP contribution >= 0.6 is 0 Å². The van der Waals surface area contributed by atoms with Crippen LogP contribution in [0, 0.1) is 5.92 Å².